The lowest BCUT2D eigenvalue weighted by atomic mass is 10.2. The summed E-state index contributed by atoms with van der Waals surface area (Å²) in [7, 11) is 0. The Bertz CT molecular complexity index is 777. The number of rotatable bonds is 7. The largest absolute Gasteiger partial charge is 0.494 e. The minimum absolute atomic E-state index is 0.0489. The van der Waals surface area contributed by atoms with Gasteiger partial charge in [0.2, 0.25) is 5.91 Å². The van der Waals surface area contributed by atoms with Gasteiger partial charge in [0.1, 0.15) is 11.4 Å². The average Bonchev–Trinajstić information content (AvgIpc) is 2.53. The Balaban J connectivity index is 2.05. The zero-order valence-electron chi connectivity index (χ0n) is 14.1. The van der Waals surface area contributed by atoms with Crippen LogP contribution in [0.1, 0.15) is 18.3 Å². The molecule has 0 aliphatic carbocycles. The van der Waals surface area contributed by atoms with Crippen LogP contribution in [0.2, 0.25) is 0 Å². The summed E-state index contributed by atoms with van der Waals surface area (Å²) in [6, 6.07) is 6.16. The molecule has 1 N–H and O–H groups in total. The summed E-state index contributed by atoms with van der Waals surface area (Å²) in [6.07, 6.45) is 0. The summed E-state index contributed by atoms with van der Waals surface area (Å²) in [5.74, 6) is 0.0537. The van der Waals surface area contributed by atoms with Crippen molar-refractivity contribution in [2.24, 2.45) is 0 Å². The molecule has 2 rings (SSSR count). The molecule has 0 fully saturated rings. The first-order valence-corrected chi connectivity index (χ1v) is 8.53. The molecule has 1 aromatic heterocycles. The molecule has 0 atom stereocenters. The molecule has 0 spiro atoms. The summed E-state index contributed by atoms with van der Waals surface area (Å²) in [4.78, 5) is 31.2. The number of aryl methyl sites for hydroxylation is 2. The molecule has 2 aromatic rings. The predicted molar refractivity (Wildman–Crippen MR) is 95.1 cm³/mol. The Labute approximate surface area is 149 Å². The minimum Gasteiger partial charge on any atom is -0.494 e. The lowest BCUT2D eigenvalue weighted by Crippen LogP contribution is -2.15. The Kier molecular flexibility index (Phi) is 6.29. The van der Waals surface area contributed by atoms with E-state index in [1.165, 1.54) is 23.9 Å². The van der Waals surface area contributed by atoms with Gasteiger partial charge >= 0.3 is 0 Å². The number of hydrogen-bond acceptors (Lipinski definition) is 7. The number of aromatic nitrogens is 2. The van der Waals surface area contributed by atoms with Gasteiger partial charge in [-0.05, 0) is 39.0 Å². The standard InChI is InChI=1S/C16H18N4O4S/c1-4-24-12-5-6-13(14(8-12)20(22)23)19-15(21)9-25-16-17-10(2)7-11(3)18-16/h5-8H,4,9H2,1-3H3,(H,19,21). The zero-order valence-corrected chi connectivity index (χ0v) is 14.9. The second-order valence-electron chi connectivity index (χ2n) is 5.14. The second-order valence-corrected chi connectivity index (χ2v) is 6.08. The van der Waals surface area contributed by atoms with Gasteiger partial charge in [0, 0.05) is 11.4 Å². The summed E-state index contributed by atoms with van der Waals surface area (Å²) in [5, 5.41) is 14.2. The minimum atomic E-state index is -0.557. The number of carbonyl (C=O) groups is 1. The van der Waals surface area contributed by atoms with Gasteiger partial charge in [-0.3, -0.25) is 14.9 Å². The highest BCUT2D eigenvalue weighted by Crippen LogP contribution is 2.29. The number of benzene rings is 1. The molecule has 0 radical (unpaired) electrons. The molecule has 0 aliphatic heterocycles. The van der Waals surface area contributed by atoms with Gasteiger partial charge in [0.05, 0.1) is 23.3 Å². The van der Waals surface area contributed by atoms with E-state index in [1.54, 1.807) is 13.0 Å². The van der Waals surface area contributed by atoms with E-state index >= 15 is 0 Å². The summed E-state index contributed by atoms with van der Waals surface area (Å²) < 4.78 is 5.25. The number of ether oxygens (including phenoxy) is 1. The van der Waals surface area contributed by atoms with Gasteiger partial charge < -0.3 is 10.1 Å². The van der Waals surface area contributed by atoms with Crippen molar-refractivity contribution >= 4 is 29.0 Å². The zero-order chi connectivity index (χ0) is 18.4. The molecule has 0 saturated carbocycles. The molecular weight excluding hydrogens is 344 g/mol. The molecule has 25 heavy (non-hydrogen) atoms. The number of amides is 1. The number of carbonyl (C=O) groups excluding carboxylic acids is 1. The number of nitro groups is 1. The highest BCUT2D eigenvalue weighted by atomic mass is 32.2. The predicted octanol–water partition coefficient (Wildman–Crippen LogP) is 3.13. The van der Waals surface area contributed by atoms with Crippen LogP contribution in [0.15, 0.2) is 29.4 Å². The Morgan fingerprint density at radius 2 is 1.96 bits per heavy atom. The van der Waals surface area contributed by atoms with E-state index in [-0.39, 0.29) is 23.0 Å². The topological polar surface area (TPSA) is 107 Å². The summed E-state index contributed by atoms with van der Waals surface area (Å²) in [6.45, 7) is 5.88. The molecular formula is C16H18N4O4S. The maximum atomic E-state index is 12.1. The van der Waals surface area contributed by atoms with Crippen molar-refractivity contribution in [3.05, 3.63) is 45.8 Å². The fourth-order valence-corrected chi connectivity index (χ4v) is 2.85. The van der Waals surface area contributed by atoms with Crippen molar-refractivity contribution in [1.82, 2.24) is 9.97 Å². The maximum absolute atomic E-state index is 12.1. The number of thioether (sulfide) groups is 1. The first kappa shape index (κ1) is 18.7. The van der Waals surface area contributed by atoms with E-state index in [0.717, 1.165) is 11.4 Å². The fraction of sp³-hybridized carbons (Fsp3) is 0.312. The quantitative estimate of drug-likeness (QED) is 0.349. The van der Waals surface area contributed by atoms with Crippen molar-refractivity contribution < 1.29 is 14.5 Å². The van der Waals surface area contributed by atoms with Crippen LogP contribution in [0.5, 0.6) is 5.75 Å². The van der Waals surface area contributed by atoms with E-state index in [1.807, 2.05) is 19.9 Å². The Morgan fingerprint density at radius 1 is 1.28 bits per heavy atom. The third kappa shape index (κ3) is 5.42. The SMILES string of the molecule is CCOc1ccc(NC(=O)CSc2nc(C)cc(C)n2)c([N+](=O)[O-])c1. The van der Waals surface area contributed by atoms with Crippen LogP contribution in [0, 0.1) is 24.0 Å². The van der Waals surface area contributed by atoms with Crippen molar-refractivity contribution in [3.63, 3.8) is 0 Å². The van der Waals surface area contributed by atoms with Crippen molar-refractivity contribution in [2.45, 2.75) is 25.9 Å². The highest BCUT2D eigenvalue weighted by Gasteiger charge is 2.17. The van der Waals surface area contributed by atoms with Gasteiger partial charge in [0.15, 0.2) is 5.16 Å². The third-order valence-corrected chi connectivity index (χ3v) is 3.89. The van der Waals surface area contributed by atoms with Crippen LogP contribution in [0.4, 0.5) is 11.4 Å². The first-order valence-electron chi connectivity index (χ1n) is 7.55. The molecule has 0 bridgehead atoms. The molecule has 1 amide bonds. The number of nitrogens with one attached hydrogen (secondary N) is 1. The van der Waals surface area contributed by atoms with Crippen LogP contribution in [-0.4, -0.2) is 33.2 Å². The molecule has 1 aromatic carbocycles. The van der Waals surface area contributed by atoms with Gasteiger partial charge in [-0.1, -0.05) is 11.8 Å². The number of anilines is 1. The van der Waals surface area contributed by atoms with Gasteiger partial charge in [-0.2, -0.15) is 0 Å². The fourth-order valence-electron chi connectivity index (χ4n) is 2.10. The highest BCUT2D eigenvalue weighted by molar-refractivity contribution is 7.99. The number of nitro benzene ring substituents is 1. The molecule has 0 saturated heterocycles. The van der Waals surface area contributed by atoms with E-state index in [0.29, 0.717) is 17.5 Å². The third-order valence-electron chi connectivity index (χ3n) is 3.05. The van der Waals surface area contributed by atoms with E-state index in [4.69, 9.17) is 4.74 Å². The molecule has 8 nitrogen and oxygen atoms in total. The normalized spacial score (nSPS) is 10.4. The summed E-state index contributed by atoms with van der Waals surface area (Å²) >= 11 is 1.17. The van der Waals surface area contributed by atoms with E-state index in [2.05, 4.69) is 15.3 Å². The Hall–Kier alpha value is -2.68. The van der Waals surface area contributed by atoms with E-state index < -0.39 is 4.92 Å². The molecule has 132 valence electrons. The second kappa shape index (κ2) is 8.43. The lowest BCUT2D eigenvalue weighted by Gasteiger charge is -2.08. The van der Waals surface area contributed by atoms with E-state index in [9.17, 15) is 14.9 Å². The molecule has 1 heterocycles. The Morgan fingerprint density at radius 3 is 2.56 bits per heavy atom. The molecule has 9 heteroatoms. The molecule has 0 unspecified atom stereocenters. The van der Waals surface area contributed by atoms with Gasteiger partial charge in [-0.15, -0.1) is 0 Å². The van der Waals surface area contributed by atoms with Crippen LogP contribution < -0.4 is 10.1 Å². The van der Waals surface area contributed by atoms with Crippen molar-refractivity contribution in [1.29, 1.82) is 0 Å². The lowest BCUT2D eigenvalue weighted by molar-refractivity contribution is -0.384. The summed E-state index contributed by atoms with van der Waals surface area (Å²) in [5.41, 5.74) is 1.54. The van der Waals surface area contributed by atoms with Gasteiger partial charge in [0.25, 0.3) is 5.69 Å². The van der Waals surface area contributed by atoms with Crippen molar-refractivity contribution in [2.75, 3.05) is 17.7 Å². The maximum Gasteiger partial charge on any atom is 0.296 e. The van der Waals surface area contributed by atoms with Crippen LogP contribution in [0.25, 0.3) is 0 Å². The van der Waals surface area contributed by atoms with Crippen LogP contribution >= 0.6 is 11.8 Å². The first-order chi connectivity index (χ1) is 11.9. The molecule has 0 aliphatic rings. The van der Waals surface area contributed by atoms with Gasteiger partial charge in [-0.25, -0.2) is 9.97 Å². The van der Waals surface area contributed by atoms with Crippen LogP contribution in [-0.2, 0) is 4.79 Å². The monoisotopic (exact) mass is 362 g/mol. The van der Waals surface area contributed by atoms with Crippen molar-refractivity contribution in [3.8, 4) is 5.75 Å². The number of hydrogen-bond donors (Lipinski definition) is 1. The average molecular weight is 362 g/mol. The smallest absolute Gasteiger partial charge is 0.296 e. The van der Waals surface area contributed by atoms with Crippen LogP contribution in [0.3, 0.4) is 0 Å². The number of nitrogens with zero attached hydrogens (tertiary/aromatic N) is 3.